The van der Waals surface area contributed by atoms with Crippen LogP contribution < -0.4 is 0 Å². The van der Waals surface area contributed by atoms with E-state index in [1.807, 2.05) is 0 Å². The number of carbonyl (C=O) groups excluding carboxylic acids is 1. The molecule has 0 aliphatic heterocycles. The maximum atomic E-state index is 11.1. The minimum absolute atomic E-state index is 0.0415. The molecule has 0 saturated carbocycles. The summed E-state index contributed by atoms with van der Waals surface area (Å²) in [5, 5.41) is 0. The summed E-state index contributed by atoms with van der Waals surface area (Å²) in [5.41, 5.74) is 0.350. The molecule has 0 bridgehead atoms. The normalized spacial score (nSPS) is 20.7. The standard InChI is InChI=1S/C14H24O3/c1-5-16-13(15)10-17-12-8-6-11(7-9-12)14(2,3)4/h8,11H,5-7,9-10H2,1-4H3. The molecule has 1 aliphatic carbocycles. The molecule has 0 spiro atoms. The van der Waals surface area contributed by atoms with E-state index in [2.05, 4.69) is 26.8 Å². The molecule has 98 valence electrons. The smallest absolute Gasteiger partial charge is 0.344 e. The molecule has 0 N–H and O–H groups in total. The van der Waals surface area contributed by atoms with Crippen LogP contribution in [-0.4, -0.2) is 19.2 Å². The van der Waals surface area contributed by atoms with E-state index in [1.165, 1.54) is 0 Å². The van der Waals surface area contributed by atoms with E-state index in [0.29, 0.717) is 17.9 Å². The highest BCUT2D eigenvalue weighted by molar-refractivity contribution is 5.70. The lowest BCUT2D eigenvalue weighted by atomic mass is 9.74. The topological polar surface area (TPSA) is 35.5 Å². The Morgan fingerprint density at radius 1 is 1.47 bits per heavy atom. The summed E-state index contributed by atoms with van der Waals surface area (Å²) in [6.45, 7) is 9.07. The fraction of sp³-hybridized carbons (Fsp3) is 0.786. The van der Waals surface area contributed by atoms with Crippen molar-refractivity contribution in [3.8, 4) is 0 Å². The molecule has 0 aromatic heterocycles. The van der Waals surface area contributed by atoms with Crippen molar-refractivity contribution >= 4 is 5.97 Å². The highest BCUT2D eigenvalue weighted by atomic mass is 16.6. The predicted molar refractivity (Wildman–Crippen MR) is 67.5 cm³/mol. The minimum Gasteiger partial charge on any atom is -0.487 e. The van der Waals surface area contributed by atoms with Crippen LogP contribution in [0.1, 0.15) is 47.0 Å². The number of esters is 1. The number of carbonyl (C=O) groups is 1. The van der Waals surface area contributed by atoms with E-state index < -0.39 is 0 Å². The number of rotatable bonds is 4. The first-order valence-corrected chi connectivity index (χ1v) is 6.41. The Hall–Kier alpha value is -0.990. The first-order chi connectivity index (χ1) is 7.93. The van der Waals surface area contributed by atoms with E-state index in [9.17, 15) is 4.79 Å². The Kier molecular flexibility index (Phi) is 5.03. The van der Waals surface area contributed by atoms with Crippen molar-refractivity contribution in [3.63, 3.8) is 0 Å². The second kappa shape index (κ2) is 6.08. The van der Waals surface area contributed by atoms with E-state index in [4.69, 9.17) is 9.47 Å². The lowest BCUT2D eigenvalue weighted by molar-refractivity contribution is -0.147. The first-order valence-electron chi connectivity index (χ1n) is 6.41. The minimum atomic E-state index is -0.286. The van der Waals surface area contributed by atoms with E-state index in [1.54, 1.807) is 6.92 Å². The van der Waals surface area contributed by atoms with Crippen LogP contribution in [0.2, 0.25) is 0 Å². The largest absolute Gasteiger partial charge is 0.487 e. The molecule has 1 atom stereocenters. The molecule has 1 aliphatic rings. The van der Waals surface area contributed by atoms with E-state index in [0.717, 1.165) is 25.0 Å². The molecule has 3 heteroatoms. The van der Waals surface area contributed by atoms with Crippen LogP contribution in [0, 0.1) is 11.3 Å². The van der Waals surface area contributed by atoms with Gasteiger partial charge in [0.05, 0.1) is 12.4 Å². The number of allylic oxidation sites excluding steroid dienone is 2. The van der Waals surface area contributed by atoms with Crippen LogP contribution in [0.25, 0.3) is 0 Å². The van der Waals surface area contributed by atoms with Crippen LogP contribution in [0.15, 0.2) is 11.8 Å². The van der Waals surface area contributed by atoms with Gasteiger partial charge >= 0.3 is 5.97 Å². The highest BCUT2D eigenvalue weighted by Gasteiger charge is 2.26. The van der Waals surface area contributed by atoms with Gasteiger partial charge in [-0.05, 0) is 37.2 Å². The molecule has 0 aromatic carbocycles. The Morgan fingerprint density at radius 3 is 2.65 bits per heavy atom. The highest BCUT2D eigenvalue weighted by Crippen LogP contribution is 2.37. The second-order valence-electron chi connectivity index (χ2n) is 5.60. The third kappa shape index (κ3) is 4.80. The molecule has 1 rings (SSSR count). The summed E-state index contributed by atoms with van der Waals surface area (Å²) in [5.74, 6) is 1.36. The van der Waals surface area contributed by atoms with Gasteiger partial charge in [0.15, 0.2) is 6.61 Å². The zero-order valence-corrected chi connectivity index (χ0v) is 11.4. The summed E-state index contributed by atoms with van der Waals surface area (Å²) in [6.07, 6.45) is 5.24. The third-order valence-electron chi connectivity index (χ3n) is 3.27. The average Bonchev–Trinajstić information content (AvgIpc) is 2.26. The van der Waals surface area contributed by atoms with Crippen molar-refractivity contribution < 1.29 is 14.3 Å². The van der Waals surface area contributed by atoms with Crippen molar-refractivity contribution in [2.45, 2.75) is 47.0 Å². The zero-order chi connectivity index (χ0) is 12.9. The first kappa shape index (κ1) is 14.1. The van der Waals surface area contributed by atoms with Gasteiger partial charge in [0.25, 0.3) is 0 Å². The Labute approximate surface area is 104 Å². The van der Waals surface area contributed by atoms with Gasteiger partial charge in [0.2, 0.25) is 0 Å². The molecule has 0 heterocycles. The maximum Gasteiger partial charge on any atom is 0.344 e. The van der Waals surface area contributed by atoms with Crippen molar-refractivity contribution in [3.05, 3.63) is 11.8 Å². The fourth-order valence-electron chi connectivity index (χ4n) is 2.08. The fourth-order valence-corrected chi connectivity index (χ4v) is 2.08. The average molecular weight is 240 g/mol. The lowest BCUT2D eigenvalue weighted by Gasteiger charge is -2.33. The summed E-state index contributed by atoms with van der Waals surface area (Å²) in [4.78, 5) is 11.1. The molecule has 17 heavy (non-hydrogen) atoms. The van der Waals surface area contributed by atoms with Crippen LogP contribution in [0.3, 0.4) is 0 Å². The second-order valence-corrected chi connectivity index (χ2v) is 5.60. The van der Waals surface area contributed by atoms with Gasteiger partial charge in [-0.3, -0.25) is 0 Å². The summed E-state index contributed by atoms with van der Waals surface area (Å²) in [6, 6.07) is 0. The molecule has 0 fully saturated rings. The van der Waals surface area contributed by atoms with Crippen LogP contribution >= 0.6 is 0 Å². The number of ether oxygens (including phenoxy) is 2. The molecule has 3 nitrogen and oxygen atoms in total. The molecule has 0 saturated heterocycles. The SMILES string of the molecule is CCOC(=O)COC1=CCC(C(C)(C)C)CC1. The summed E-state index contributed by atoms with van der Waals surface area (Å²) in [7, 11) is 0. The summed E-state index contributed by atoms with van der Waals surface area (Å²) >= 11 is 0. The van der Waals surface area contributed by atoms with E-state index in [-0.39, 0.29) is 12.6 Å². The van der Waals surface area contributed by atoms with Crippen molar-refractivity contribution in [2.75, 3.05) is 13.2 Å². The Bertz CT molecular complexity index is 286. The van der Waals surface area contributed by atoms with Gasteiger partial charge in [0.1, 0.15) is 0 Å². The molecule has 0 radical (unpaired) electrons. The number of hydrogen-bond acceptors (Lipinski definition) is 3. The number of hydrogen-bond donors (Lipinski definition) is 0. The van der Waals surface area contributed by atoms with Crippen LogP contribution in [-0.2, 0) is 14.3 Å². The van der Waals surface area contributed by atoms with Gasteiger partial charge < -0.3 is 9.47 Å². The summed E-state index contributed by atoms with van der Waals surface area (Å²) < 4.78 is 10.3. The molecule has 1 unspecified atom stereocenters. The molecule has 0 aromatic rings. The Balaban J connectivity index is 2.34. The monoisotopic (exact) mass is 240 g/mol. The van der Waals surface area contributed by atoms with Gasteiger partial charge in [-0.15, -0.1) is 0 Å². The molecular weight excluding hydrogens is 216 g/mol. The lowest BCUT2D eigenvalue weighted by Crippen LogP contribution is -2.23. The van der Waals surface area contributed by atoms with Crippen LogP contribution in [0.4, 0.5) is 0 Å². The van der Waals surface area contributed by atoms with Gasteiger partial charge in [-0.1, -0.05) is 20.8 Å². The third-order valence-corrected chi connectivity index (χ3v) is 3.27. The predicted octanol–water partition coefficient (Wildman–Crippen LogP) is 3.30. The van der Waals surface area contributed by atoms with Gasteiger partial charge in [-0.25, -0.2) is 4.79 Å². The van der Waals surface area contributed by atoms with Crippen molar-refractivity contribution in [2.24, 2.45) is 11.3 Å². The van der Waals surface area contributed by atoms with Crippen molar-refractivity contribution in [1.29, 1.82) is 0 Å². The van der Waals surface area contributed by atoms with Gasteiger partial charge in [0, 0.05) is 6.42 Å². The molecule has 0 amide bonds. The quantitative estimate of drug-likeness (QED) is 0.707. The Morgan fingerprint density at radius 2 is 2.18 bits per heavy atom. The van der Waals surface area contributed by atoms with Crippen molar-refractivity contribution in [1.82, 2.24) is 0 Å². The van der Waals surface area contributed by atoms with Crippen LogP contribution in [0.5, 0.6) is 0 Å². The maximum absolute atomic E-state index is 11.1. The van der Waals surface area contributed by atoms with E-state index >= 15 is 0 Å². The zero-order valence-electron chi connectivity index (χ0n) is 11.4. The molecular formula is C14H24O3. The van der Waals surface area contributed by atoms with Gasteiger partial charge in [-0.2, -0.15) is 0 Å².